The maximum atomic E-state index is 13.1. The average Bonchev–Trinajstić information content (AvgIpc) is 3.22. The van der Waals surface area contributed by atoms with Crippen LogP contribution in [0.15, 0.2) is 41.2 Å². The van der Waals surface area contributed by atoms with Gasteiger partial charge in [0.25, 0.3) is 0 Å². The highest BCUT2D eigenvalue weighted by Gasteiger charge is 2.27. The minimum atomic E-state index is -1.08. The van der Waals surface area contributed by atoms with Gasteiger partial charge in [0.2, 0.25) is 5.91 Å². The summed E-state index contributed by atoms with van der Waals surface area (Å²) in [5.41, 5.74) is 3.59. The van der Waals surface area contributed by atoms with Gasteiger partial charge in [-0.05, 0) is 75.1 Å². The van der Waals surface area contributed by atoms with Gasteiger partial charge in [0.15, 0.2) is 5.82 Å². The summed E-state index contributed by atoms with van der Waals surface area (Å²) in [7, 11) is 0. The van der Waals surface area contributed by atoms with E-state index in [9.17, 15) is 14.0 Å². The summed E-state index contributed by atoms with van der Waals surface area (Å²) in [6.45, 7) is 10.7. The van der Waals surface area contributed by atoms with Crippen LogP contribution >= 0.6 is 0 Å². The number of carbonyl (C=O) groups is 1. The Bertz CT molecular complexity index is 1320. The van der Waals surface area contributed by atoms with E-state index in [0.29, 0.717) is 17.4 Å². The minimum Gasteiger partial charge on any atom is -0.351 e. The molecule has 3 rings (SSSR count). The maximum Gasteiger partial charge on any atom is 0.348 e. The third-order valence-electron chi connectivity index (χ3n) is 6.22. The quantitative estimate of drug-likeness (QED) is 0.478. The van der Waals surface area contributed by atoms with Crippen LogP contribution in [0.2, 0.25) is 0 Å². The van der Waals surface area contributed by atoms with E-state index in [1.54, 1.807) is 13.8 Å². The van der Waals surface area contributed by atoms with Crippen molar-refractivity contribution >= 4 is 5.91 Å². The number of nitrogens with zero attached hydrogens (tertiary/aromatic N) is 2. The van der Waals surface area contributed by atoms with Gasteiger partial charge < -0.3 is 5.32 Å². The van der Waals surface area contributed by atoms with Crippen LogP contribution in [0.3, 0.4) is 0 Å². The largest absolute Gasteiger partial charge is 0.351 e. The van der Waals surface area contributed by atoms with Crippen molar-refractivity contribution in [1.29, 1.82) is 0 Å². The molecule has 1 atom stereocenters. The monoisotopic (exact) mass is 476 g/mol. The molecule has 1 unspecified atom stereocenters. The number of aromatic nitrogens is 3. The number of hydrogen-bond donors (Lipinski definition) is 2. The summed E-state index contributed by atoms with van der Waals surface area (Å²) in [6.07, 6.45) is 0.999. The van der Waals surface area contributed by atoms with Gasteiger partial charge in [-0.15, -0.1) is 5.10 Å². The molecule has 0 spiro atoms. The zero-order valence-corrected chi connectivity index (χ0v) is 21.3. The number of amides is 1. The summed E-state index contributed by atoms with van der Waals surface area (Å²) >= 11 is 0. The number of rotatable bonds is 7. The van der Waals surface area contributed by atoms with Crippen molar-refractivity contribution in [2.45, 2.75) is 54.5 Å². The van der Waals surface area contributed by atoms with E-state index in [1.165, 1.54) is 4.68 Å². The van der Waals surface area contributed by atoms with Crippen molar-refractivity contribution < 1.29 is 9.18 Å². The van der Waals surface area contributed by atoms with Crippen molar-refractivity contribution in [3.05, 3.63) is 69.1 Å². The van der Waals surface area contributed by atoms with Gasteiger partial charge in [-0.25, -0.2) is 9.18 Å². The summed E-state index contributed by atoms with van der Waals surface area (Å²) < 4.78 is 14.5. The summed E-state index contributed by atoms with van der Waals surface area (Å²) in [5.74, 6) is 6.79. The molecule has 0 aliphatic heterocycles. The van der Waals surface area contributed by atoms with Crippen molar-refractivity contribution in [3.8, 4) is 28.9 Å². The van der Waals surface area contributed by atoms with Crippen molar-refractivity contribution in [1.82, 2.24) is 20.1 Å². The number of aromatic amines is 1. The second-order valence-electron chi connectivity index (χ2n) is 9.56. The van der Waals surface area contributed by atoms with Crippen LogP contribution < -0.4 is 11.0 Å². The molecule has 3 aromatic rings. The third-order valence-corrected chi connectivity index (χ3v) is 6.22. The van der Waals surface area contributed by atoms with Crippen molar-refractivity contribution in [3.63, 3.8) is 0 Å². The molecule has 1 heterocycles. The van der Waals surface area contributed by atoms with Gasteiger partial charge in [-0.3, -0.25) is 9.78 Å². The Morgan fingerprint density at radius 2 is 1.89 bits per heavy atom. The Hall–Kier alpha value is -3.66. The molecule has 0 aliphatic carbocycles. The van der Waals surface area contributed by atoms with E-state index in [4.69, 9.17) is 0 Å². The van der Waals surface area contributed by atoms with Gasteiger partial charge >= 0.3 is 5.69 Å². The van der Waals surface area contributed by atoms with Crippen molar-refractivity contribution in [2.24, 2.45) is 11.3 Å². The molecule has 0 aliphatic rings. The molecule has 2 aromatic carbocycles. The Morgan fingerprint density at radius 1 is 1.20 bits per heavy atom. The Labute approximate surface area is 206 Å². The second kappa shape index (κ2) is 10.7. The lowest BCUT2D eigenvalue weighted by molar-refractivity contribution is -0.130. The van der Waals surface area contributed by atoms with Gasteiger partial charge in [0, 0.05) is 23.6 Å². The zero-order valence-electron chi connectivity index (χ0n) is 21.3. The smallest absolute Gasteiger partial charge is 0.348 e. The molecule has 0 bridgehead atoms. The van der Waals surface area contributed by atoms with Gasteiger partial charge in [-0.1, -0.05) is 37.8 Å². The number of benzene rings is 2. The first-order chi connectivity index (χ1) is 16.6. The number of carbonyl (C=O) groups excluding carboxylic acids is 1. The summed E-state index contributed by atoms with van der Waals surface area (Å²) in [4.78, 5) is 27.9. The highest BCUT2D eigenvalue weighted by Crippen LogP contribution is 2.27. The van der Waals surface area contributed by atoms with E-state index in [0.717, 1.165) is 34.2 Å². The van der Waals surface area contributed by atoms with Crippen molar-refractivity contribution in [2.75, 3.05) is 6.67 Å². The molecule has 6 nitrogen and oxygen atoms in total. The molecule has 1 amide bonds. The third kappa shape index (κ3) is 5.89. The number of alkyl halides is 1. The molecular weight excluding hydrogens is 443 g/mol. The predicted octanol–water partition coefficient (Wildman–Crippen LogP) is 4.85. The first kappa shape index (κ1) is 26.0. The van der Waals surface area contributed by atoms with Gasteiger partial charge in [0.05, 0.1) is 11.1 Å². The van der Waals surface area contributed by atoms with E-state index < -0.39 is 12.1 Å². The fraction of sp³-hybridized carbons (Fsp3) is 0.393. The molecule has 35 heavy (non-hydrogen) atoms. The number of aryl methyl sites for hydroxylation is 1. The van der Waals surface area contributed by atoms with Gasteiger partial charge in [0.1, 0.15) is 6.67 Å². The number of nitrogens with one attached hydrogen (secondary N) is 2. The fourth-order valence-corrected chi connectivity index (χ4v) is 3.53. The Kier molecular flexibility index (Phi) is 7.96. The first-order valence-corrected chi connectivity index (χ1v) is 11.8. The zero-order chi connectivity index (χ0) is 25.8. The minimum absolute atomic E-state index is 0.255. The lowest BCUT2D eigenvalue weighted by Crippen LogP contribution is -2.38. The average molecular weight is 477 g/mol. The van der Waals surface area contributed by atoms with E-state index in [2.05, 4.69) is 41.1 Å². The fourth-order valence-electron chi connectivity index (χ4n) is 3.53. The number of halogens is 1. The summed E-state index contributed by atoms with van der Waals surface area (Å²) in [5, 5.41) is 7.36. The van der Waals surface area contributed by atoms with E-state index in [1.807, 2.05) is 50.2 Å². The predicted molar refractivity (Wildman–Crippen MR) is 137 cm³/mol. The maximum absolute atomic E-state index is 13.1. The van der Waals surface area contributed by atoms with Crippen LogP contribution in [0, 0.1) is 37.0 Å². The Morgan fingerprint density at radius 3 is 2.51 bits per heavy atom. The lowest BCUT2D eigenvalue weighted by atomic mass is 9.93. The molecule has 0 saturated carbocycles. The molecule has 2 N–H and O–H groups in total. The van der Waals surface area contributed by atoms with Crippen LogP contribution in [0.5, 0.6) is 0 Å². The van der Waals surface area contributed by atoms with Crippen LogP contribution in [0.25, 0.3) is 17.1 Å². The van der Waals surface area contributed by atoms with Crippen LogP contribution in [0.4, 0.5) is 4.39 Å². The normalized spacial score (nSPS) is 12.1. The lowest BCUT2D eigenvalue weighted by Gasteiger charge is -2.20. The summed E-state index contributed by atoms with van der Waals surface area (Å²) in [6, 6.07) is 11.3. The first-order valence-electron chi connectivity index (χ1n) is 11.8. The van der Waals surface area contributed by atoms with E-state index >= 15 is 0 Å². The molecule has 0 fully saturated rings. The highest BCUT2D eigenvalue weighted by molar-refractivity contribution is 5.82. The topological polar surface area (TPSA) is 79.8 Å². The molecule has 1 aromatic heterocycles. The highest BCUT2D eigenvalue weighted by atomic mass is 19.1. The number of hydrogen-bond acceptors (Lipinski definition) is 3. The molecule has 0 radical (unpaired) electrons. The Balaban J connectivity index is 1.89. The second-order valence-corrected chi connectivity index (χ2v) is 9.56. The SMILES string of the molecule is CCC(C)C#Cc1ccc(-n2nc(-c3c(C)ccc(CNC(=O)C(C)(C)CF)c3C)[nH]c2=O)cc1. The molecule has 0 saturated heterocycles. The van der Waals surface area contributed by atoms with E-state index in [-0.39, 0.29) is 18.1 Å². The standard InChI is InChI=1S/C28H33FN4O2/c1-7-18(2)8-10-21-11-14-23(15-12-21)33-27(35)31-25(32-33)24-19(3)9-13-22(20(24)4)16-30-26(34)28(5,6)17-29/h9,11-15,18H,7,16-17H2,1-6H3,(H,30,34)(H,31,32,35). The van der Waals surface area contributed by atoms with Crippen LogP contribution in [0.1, 0.15) is 56.4 Å². The van der Waals surface area contributed by atoms with Gasteiger partial charge in [-0.2, -0.15) is 4.68 Å². The van der Waals surface area contributed by atoms with Crippen LogP contribution in [-0.2, 0) is 11.3 Å². The molecular formula is C28H33FN4O2. The number of H-pyrrole nitrogens is 1. The molecule has 184 valence electrons. The van der Waals surface area contributed by atoms with Crippen LogP contribution in [-0.4, -0.2) is 27.3 Å². The molecule has 7 heteroatoms.